The minimum atomic E-state index is -1.62. The van der Waals surface area contributed by atoms with E-state index in [0.29, 0.717) is 0 Å². The minimum Gasteiger partial charge on any atom is -0.455 e. The number of hydrogen-bond donors (Lipinski definition) is 0. The summed E-state index contributed by atoms with van der Waals surface area (Å²) in [6.07, 6.45) is 2.09. The maximum Gasteiger partial charge on any atom is 0.143 e. The molecule has 0 aliphatic rings. The highest BCUT2D eigenvalue weighted by molar-refractivity contribution is 6.89. The summed E-state index contributed by atoms with van der Waals surface area (Å²) in [7, 11) is -1.62. The maximum atomic E-state index is 6.35. The summed E-state index contributed by atoms with van der Waals surface area (Å²) in [5, 5.41) is 3.68. The average Bonchev–Trinajstić information content (AvgIpc) is 3.12. The van der Waals surface area contributed by atoms with Gasteiger partial charge in [-0.3, -0.25) is 4.98 Å². The molecule has 0 saturated carbocycles. The van der Waals surface area contributed by atoms with Crippen molar-refractivity contribution in [3.05, 3.63) is 85.1 Å². The Hall–Kier alpha value is -3.17. The zero-order valence-corrected chi connectivity index (χ0v) is 17.9. The highest BCUT2D eigenvalue weighted by Crippen LogP contribution is 2.36. The van der Waals surface area contributed by atoms with Crippen LogP contribution in [0.5, 0.6) is 0 Å². The van der Waals surface area contributed by atoms with E-state index in [4.69, 9.17) is 9.40 Å². The standard InChI is InChI=1S/C26H23NOSi/c1-29(2,3)25-17-27-23(18-10-5-4-6-11-18)16-22(25)21-14-9-13-20-19-12-7-8-15-24(19)28-26(20)21/h4-17H,1-3H3. The van der Waals surface area contributed by atoms with E-state index in [9.17, 15) is 0 Å². The van der Waals surface area contributed by atoms with Gasteiger partial charge in [-0.25, -0.2) is 0 Å². The first-order valence-corrected chi connectivity index (χ1v) is 13.5. The van der Waals surface area contributed by atoms with Crippen molar-refractivity contribution in [3.8, 4) is 22.4 Å². The molecule has 0 radical (unpaired) electrons. The molecule has 5 aromatic rings. The van der Waals surface area contributed by atoms with Crippen molar-refractivity contribution in [2.75, 3.05) is 0 Å². The van der Waals surface area contributed by atoms with Crippen LogP contribution in [0.15, 0.2) is 89.5 Å². The molecule has 0 bridgehead atoms. The van der Waals surface area contributed by atoms with Gasteiger partial charge in [0.2, 0.25) is 0 Å². The quantitative estimate of drug-likeness (QED) is 0.313. The molecule has 3 aromatic carbocycles. The molecule has 3 heteroatoms. The average molecular weight is 394 g/mol. The van der Waals surface area contributed by atoms with Gasteiger partial charge >= 0.3 is 0 Å². The summed E-state index contributed by atoms with van der Waals surface area (Å²) in [6.45, 7) is 7.11. The third-order valence-electron chi connectivity index (χ3n) is 5.48. The fraction of sp³-hybridized carbons (Fsp3) is 0.115. The van der Waals surface area contributed by atoms with Crippen molar-refractivity contribution in [1.82, 2.24) is 4.98 Å². The van der Waals surface area contributed by atoms with Crippen LogP contribution in [0.25, 0.3) is 44.3 Å². The molecule has 0 fully saturated rings. The van der Waals surface area contributed by atoms with Crippen LogP contribution in [0.1, 0.15) is 0 Å². The fourth-order valence-electron chi connectivity index (χ4n) is 4.00. The molecular formula is C26H23NOSi. The Bertz CT molecular complexity index is 1330. The van der Waals surface area contributed by atoms with Crippen molar-refractivity contribution < 1.29 is 4.42 Å². The first-order valence-electron chi connectivity index (χ1n) is 9.99. The van der Waals surface area contributed by atoms with Gasteiger partial charge in [-0.05, 0) is 22.9 Å². The Labute approximate surface area is 171 Å². The van der Waals surface area contributed by atoms with Gasteiger partial charge in [-0.1, -0.05) is 86.4 Å². The highest BCUT2D eigenvalue weighted by atomic mass is 28.3. The van der Waals surface area contributed by atoms with Gasteiger partial charge in [0, 0.05) is 28.1 Å². The van der Waals surface area contributed by atoms with Gasteiger partial charge in [0.1, 0.15) is 11.2 Å². The molecule has 0 aliphatic heterocycles. The molecular weight excluding hydrogens is 370 g/mol. The summed E-state index contributed by atoms with van der Waals surface area (Å²) in [5.74, 6) is 0. The first kappa shape index (κ1) is 17.9. The Morgan fingerprint density at radius 2 is 1.45 bits per heavy atom. The predicted octanol–water partition coefficient (Wildman–Crippen LogP) is 6.86. The van der Waals surface area contributed by atoms with Gasteiger partial charge in [0.05, 0.1) is 13.8 Å². The molecule has 0 unspecified atom stereocenters. The Kier molecular flexibility index (Phi) is 4.14. The lowest BCUT2D eigenvalue weighted by Gasteiger charge is -2.21. The lowest BCUT2D eigenvalue weighted by molar-refractivity contribution is 0.670. The molecule has 0 atom stereocenters. The van der Waals surface area contributed by atoms with Crippen LogP contribution in [-0.4, -0.2) is 13.1 Å². The Morgan fingerprint density at radius 3 is 2.24 bits per heavy atom. The van der Waals surface area contributed by atoms with Crippen LogP contribution in [0.3, 0.4) is 0 Å². The second kappa shape index (κ2) is 6.71. The summed E-state index contributed by atoms with van der Waals surface area (Å²) in [5.41, 5.74) is 6.40. The van der Waals surface area contributed by atoms with Crippen LogP contribution in [-0.2, 0) is 0 Å². The third-order valence-corrected chi connectivity index (χ3v) is 7.49. The van der Waals surface area contributed by atoms with Crippen molar-refractivity contribution in [3.63, 3.8) is 0 Å². The molecule has 0 aliphatic carbocycles. The van der Waals surface area contributed by atoms with E-state index in [1.807, 2.05) is 18.2 Å². The minimum absolute atomic E-state index is 0.932. The highest BCUT2D eigenvalue weighted by Gasteiger charge is 2.24. The van der Waals surface area contributed by atoms with Crippen molar-refractivity contribution in [2.24, 2.45) is 0 Å². The number of nitrogens with zero attached hydrogens (tertiary/aromatic N) is 1. The summed E-state index contributed by atoms with van der Waals surface area (Å²) >= 11 is 0. The van der Waals surface area contributed by atoms with Crippen LogP contribution in [0, 0.1) is 0 Å². The van der Waals surface area contributed by atoms with E-state index in [1.54, 1.807) is 0 Å². The zero-order valence-electron chi connectivity index (χ0n) is 16.9. The fourth-order valence-corrected chi connectivity index (χ4v) is 5.47. The molecule has 2 nitrogen and oxygen atoms in total. The SMILES string of the molecule is C[Si](C)(C)c1cnc(-c2ccccc2)cc1-c1cccc2c1oc1ccccc12. The number of benzene rings is 3. The largest absolute Gasteiger partial charge is 0.455 e. The lowest BCUT2D eigenvalue weighted by Crippen LogP contribution is -2.39. The monoisotopic (exact) mass is 393 g/mol. The van der Waals surface area contributed by atoms with Gasteiger partial charge < -0.3 is 4.42 Å². The van der Waals surface area contributed by atoms with Gasteiger partial charge in [-0.2, -0.15) is 0 Å². The van der Waals surface area contributed by atoms with E-state index >= 15 is 0 Å². The van der Waals surface area contributed by atoms with E-state index in [1.165, 1.54) is 10.8 Å². The third kappa shape index (κ3) is 3.08. The molecule has 0 spiro atoms. The molecule has 0 amide bonds. The summed E-state index contributed by atoms with van der Waals surface area (Å²) < 4.78 is 6.35. The molecule has 0 N–H and O–H groups in total. The van der Waals surface area contributed by atoms with E-state index in [2.05, 4.69) is 86.5 Å². The molecule has 0 saturated heterocycles. The van der Waals surface area contributed by atoms with E-state index < -0.39 is 8.07 Å². The first-order chi connectivity index (χ1) is 14.0. The van der Waals surface area contributed by atoms with Gasteiger partial charge in [-0.15, -0.1) is 0 Å². The summed E-state index contributed by atoms with van der Waals surface area (Å²) in [6, 6.07) is 27.4. The number of aromatic nitrogens is 1. The second-order valence-electron chi connectivity index (χ2n) is 8.51. The molecule has 142 valence electrons. The van der Waals surface area contributed by atoms with Gasteiger partial charge in [0.15, 0.2) is 0 Å². The normalized spacial score (nSPS) is 12.0. The van der Waals surface area contributed by atoms with Crippen LogP contribution in [0.2, 0.25) is 19.6 Å². The molecule has 29 heavy (non-hydrogen) atoms. The smallest absolute Gasteiger partial charge is 0.143 e. The van der Waals surface area contributed by atoms with E-state index in [-0.39, 0.29) is 0 Å². The number of fused-ring (bicyclic) bond motifs is 3. The van der Waals surface area contributed by atoms with Crippen LogP contribution < -0.4 is 5.19 Å². The van der Waals surface area contributed by atoms with Crippen LogP contribution in [0.4, 0.5) is 0 Å². The maximum absolute atomic E-state index is 6.35. The van der Waals surface area contributed by atoms with Gasteiger partial charge in [0.25, 0.3) is 0 Å². The van der Waals surface area contributed by atoms with Crippen molar-refractivity contribution >= 4 is 35.2 Å². The van der Waals surface area contributed by atoms with Crippen LogP contribution >= 0.6 is 0 Å². The number of rotatable bonds is 3. The summed E-state index contributed by atoms with van der Waals surface area (Å²) in [4.78, 5) is 4.83. The lowest BCUT2D eigenvalue weighted by atomic mass is 10.0. The predicted molar refractivity (Wildman–Crippen MR) is 125 cm³/mol. The molecule has 2 heterocycles. The van der Waals surface area contributed by atoms with Crippen molar-refractivity contribution in [2.45, 2.75) is 19.6 Å². The van der Waals surface area contributed by atoms with Crippen molar-refractivity contribution in [1.29, 1.82) is 0 Å². The Morgan fingerprint density at radius 1 is 0.724 bits per heavy atom. The number of para-hydroxylation sites is 2. The Balaban J connectivity index is 1.82. The second-order valence-corrected chi connectivity index (χ2v) is 13.6. The molecule has 2 aromatic heterocycles. The number of hydrogen-bond acceptors (Lipinski definition) is 2. The number of furan rings is 1. The number of pyridine rings is 1. The topological polar surface area (TPSA) is 26.0 Å². The zero-order chi connectivity index (χ0) is 20.0. The van der Waals surface area contributed by atoms with E-state index in [0.717, 1.165) is 38.8 Å². The molecule has 5 rings (SSSR count).